The lowest BCUT2D eigenvalue weighted by atomic mass is 10.1. The van der Waals surface area contributed by atoms with Gasteiger partial charge >= 0.3 is 5.97 Å². The van der Waals surface area contributed by atoms with E-state index in [2.05, 4.69) is 22.0 Å². The van der Waals surface area contributed by atoms with Crippen LogP contribution >= 0.6 is 11.3 Å². The van der Waals surface area contributed by atoms with Crippen molar-refractivity contribution in [1.82, 2.24) is 19.7 Å². The van der Waals surface area contributed by atoms with Crippen molar-refractivity contribution in [2.45, 2.75) is 32.1 Å². The lowest BCUT2D eigenvalue weighted by molar-refractivity contribution is 0.0519. The molecule has 1 saturated carbocycles. The summed E-state index contributed by atoms with van der Waals surface area (Å²) < 4.78 is 7.88. The first-order valence-electron chi connectivity index (χ1n) is 7.59. The SMILES string of the molecule is CCOC(=O)c1cc(C2(C)CC2)n(-c2nc3ccncc3s2)n1. The number of carbonyl (C=O) groups is 1. The summed E-state index contributed by atoms with van der Waals surface area (Å²) in [6, 6.07) is 3.72. The van der Waals surface area contributed by atoms with Crippen LogP contribution < -0.4 is 0 Å². The number of esters is 1. The number of aromatic nitrogens is 4. The van der Waals surface area contributed by atoms with Gasteiger partial charge in [-0.1, -0.05) is 18.3 Å². The quantitative estimate of drug-likeness (QED) is 0.688. The van der Waals surface area contributed by atoms with Crippen LogP contribution in [0.3, 0.4) is 0 Å². The molecule has 0 atom stereocenters. The van der Waals surface area contributed by atoms with Crippen LogP contribution in [0, 0.1) is 0 Å². The molecule has 0 N–H and O–H groups in total. The molecule has 0 unspecified atom stereocenters. The molecule has 118 valence electrons. The minimum atomic E-state index is -0.389. The van der Waals surface area contributed by atoms with Crippen LogP contribution in [0.4, 0.5) is 0 Å². The number of thiazole rings is 1. The van der Waals surface area contributed by atoms with E-state index in [1.165, 1.54) is 11.3 Å². The fourth-order valence-electron chi connectivity index (χ4n) is 2.56. The maximum Gasteiger partial charge on any atom is 0.358 e. The number of carbonyl (C=O) groups excluding carboxylic acids is 1. The van der Waals surface area contributed by atoms with Crippen LogP contribution in [-0.2, 0) is 10.2 Å². The van der Waals surface area contributed by atoms with Gasteiger partial charge in [-0.15, -0.1) is 0 Å². The van der Waals surface area contributed by atoms with Crippen LogP contribution in [0.2, 0.25) is 0 Å². The summed E-state index contributed by atoms with van der Waals surface area (Å²) >= 11 is 1.52. The molecule has 3 heterocycles. The monoisotopic (exact) mass is 328 g/mol. The van der Waals surface area contributed by atoms with Crippen LogP contribution in [0.25, 0.3) is 15.3 Å². The number of hydrogen-bond acceptors (Lipinski definition) is 6. The number of pyridine rings is 1. The summed E-state index contributed by atoms with van der Waals surface area (Å²) in [6.45, 7) is 4.31. The van der Waals surface area contributed by atoms with Crippen LogP contribution in [0.5, 0.6) is 0 Å². The van der Waals surface area contributed by atoms with Gasteiger partial charge in [-0.25, -0.2) is 14.5 Å². The molecule has 4 rings (SSSR count). The van der Waals surface area contributed by atoms with Crippen LogP contribution in [0.15, 0.2) is 24.5 Å². The zero-order valence-corrected chi connectivity index (χ0v) is 13.8. The number of nitrogens with zero attached hydrogens (tertiary/aromatic N) is 4. The number of hydrogen-bond donors (Lipinski definition) is 0. The third-order valence-corrected chi connectivity index (χ3v) is 5.15. The van der Waals surface area contributed by atoms with Gasteiger partial charge in [0.2, 0.25) is 5.13 Å². The van der Waals surface area contributed by atoms with E-state index in [0.29, 0.717) is 12.3 Å². The average molecular weight is 328 g/mol. The number of ether oxygens (including phenoxy) is 1. The fourth-order valence-corrected chi connectivity index (χ4v) is 3.46. The molecule has 1 aliphatic carbocycles. The predicted molar refractivity (Wildman–Crippen MR) is 87.1 cm³/mol. The minimum Gasteiger partial charge on any atom is -0.461 e. The summed E-state index contributed by atoms with van der Waals surface area (Å²) in [5, 5.41) is 5.23. The first-order chi connectivity index (χ1) is 11.1. The van der Waals surface area contributed by atoms with Crippen molar-refractivity contribution in [2.75, 3.05) is 6.61 Å². The molecule has 1 aliphatic rings. The summed E-state index contributed by atoms with van der Waals surface area (Å²) in [5.41, 5.74) is 2.31. The standard InChI is InChI=1S/C16H16N4O2S/c1-3-22-14(21)11-8-13(16(2)5-6-16)20(19-11)15-18-10-4-7-17-9-12(10)23-15/h4,7-9H,3,5-6H2,1-2H3. The molecule has 0 spiro atoms. The van der Waals surface area contributed by atoms with Gasteiger partial charge in [0.25, 0.3) is 0 Å². The van der Waals surface area contributed by atoms with E-state index in [4.69, 9.17) is 4.74 Å². The molecule has 0 amide bonds. The Hall–Kier alpha value is -2.28. The molecule has 6 nitrogen and oxygen atoms in total. The molecular formula is C16H16N4O2S. The molecule has 0 aliphatic heterocycles. The first kappa shape index (κ1) is 14.3. The van der Waals surface area contributed by atoms with Crippen molar-refractivity contribution in [1.29, 1.82) is 0 Å². The van der Waals surface area contributed by atoms with Gasteiger partial charge in [-0.3, -0.25) is 4.98 Å². The van der Waals surface area contributed by atoms with E-state index in [1.807, 2.05) is 12.1 Å². The highest BCUT2D eigenvalue weighted by molar-refractivity contribution is 7.20. The third kappa shape index (κ3) is 2.41. The van der Waals surface area contributed by atoms with E-state index in [-0.39, 0.29) is 11.4 Å². The van der Waals surface area contributed by atoms with Gasteiger partial charge in [0.15, 0.2) is 5.69 Å². The molecule has 1 fully saturated rings. The van der Waals surface area contributed by atoms with Gasteiger partial charge < -0.3 is 4.74 Å². The Morgan fingerprint density at radius 2 is 2.30 bits per heavy atom. The summed E-state index contributed by atoms with van der Waals surface area (Å²) in [5.74, 6) is -0.389. The Bertz CT molecular complexity index is 862. The van der Waals surface area contributed by atoms with E-state index in [1.54, 1.807) is 24.0 Å². The summed E-state index contributed by atoms with van der Waals surface area (Å²) in [6.07, 6.45) is 5.70. The number of rotatable bonds is 4. The van der Waals surface area contributed by atoms with Gasteiger partial charge in [-0.05, 0) is 31.9 Å². The van der Waals surface area contributed by atoms with Gasteiger partial charge in [0.05, 0.1) is 22.5 Å². The Morgan fingerprint density at radius 1 is 1.48 bits per heavy atom. The molecule has 23 heavy (non-hydrogen) atoms. The zero-order chi connectivity index (χ0) is 16.0. The van der Waals surface area contributed by atoms with Crippen molar-refractivity contribution in [3.63, 3.8) is 0 Å². The maximum atomic E-state index is 12.0. The average Bonchev–Trinajstić information content (AvgIpc) is 3.02. The predicted octanol–water partition coefficient (Wildman–Crippen LogP) is 3.11. The highest BCUT2D eigenvalue weighted by atomic mass is 32.1. The van der Waals surface area contributed by atoms with Crippen LogP contribution in [-0.4, -0.2) is 32.3 Å². The molecule has 7 heteroatoms. The third-order valence-electron chi connectivity index (χ3n) is 4.17. The molecule has 3 aromatic rings. The van der Waals surface area contributed by atoms with E-state index in [0.717, 1.165) is 33.9 Å². The lowest BCUT2D eigenvalue weighted by Crippen LogP contribution is -2.10. The zero-order valence-electron chi connectivity index (χ0n) is 12.9. The highest BCUT2D eigenvalue weighted by Gasteiger charge is 2.43. The van der Waals surface area contributed by atoms with Crippen molar-refractivity contribution in [3.05, 3.63) is 35.9 Å². The molecule has 3 aromatic heterocycles. The molecule has 0 radical (unpaired) electrons. The van der Waals surface area contributed by atoms with Gasteiger partial charge in [-0.2, -0.15) is 5.10 Å². The molecule has 0 saturated heterocycles. The number of fused-ring (bicyclic) bond motifs is 1. The Labute approximate surface area is 137 Å². The van der Waals surface area contributed by atoms with Crippen molar-refractivity contribution in [2.24, 2.45) is 0 Å². The Balaban J connectivity index is 1.84. The molecule has 0 bridgehead atoms. The topological polar surface area (TPSA) is 69.9 Å². The Morgan fingerprint density at radius 3 is 3.00 bits per heavy atom. The molecule has 0 aromatic carbocycles. The van der Waals surface area contributed by atoms with Crippen molar-refractivity contribution < 1.29 is 9.53 Å². The van der Waals surface area contributed by atoms with E-state index in [9.17, 15) is 4.79 Å². The van der Waals surface area contributed by atoms with Crippen molar-refractivity contribution >= 4 is 27.5 Å². The maximum absolute atomic E-state index is 12.0. The fraction of sp³-hybridized carbons (Fsp3) is 0.375. The van der Waals surface area contributed by atoms with Gasteiger partial charge in [0, 0.05) is 17.8 Å². The highest BCUT2D eigenvalue weighted by Crippen LogP contribution is 2.48. The summed E-state index contributed by atoms with van der Waals surface area (Å²) in [4.78, 5) is 20.8. The minimum absolute atomic E-state index is 0.0633. The largest absolute Gasteiger partial charge is 0.461 e. The second-order valence-electron chi connectivity index (χ2n) is 5.95. The smallest absolute Gasteiger partial charge is 0.358 e. The van der Waals surface area contributed by atoms with E-state index >= 15 is 0 Å². The van der Waals surface area contributed by atoms with E-state index < -0.39 is 0 Å². The summed E-state index contributed by atoms with van der Waals surface area (Å²) in [7, 11) is 0. The van der Waals surface area contributed by atoms with Gasteiger partial charge in [0.1, 0.15) is 0 Å². The Kier molecular flexibility index (Phi) is 3.19. The molecular weight excluding hydrogens is 312 g/mol. The lowest BCUT2D eigenvalue weighted by Gasteiger charge is -2.09. The normalized spacial score (nSPS) is 15.7. The van der Waals surface area contributed by atoms with Crippen molar-refractivity contribution in [3.8, 4) is 5.13 Å². The first-order valence-corrected chi connectivity index (χ1v) is 8.41. The van der Waals surface area contributed by atoms with Crippen LogP contribution in [0.1, 0.15) is 42.9 Å². The second-order valence-corrected chi connectivity index (χ2v) is 6.96. The second kappa shape index (κ2) is 5.13.